The first-order valence-corrected chi connectivity index (χ1v) is 10.2. The molecule has 2 aromatic rings. The second kappa shape index (κ2) is 8.51. The maximum Gasteiger partial charge on any atom is 0.244 e. The lowest BCUT2D eigenvalue weighted by Gasteiger charge is -2.38. The number of rotatable bonds is 5. The Morgan fingerprint density at radius 1 is 1.10 bits per heavy atom. The van der Waals surface area contributed by atoms with Crippen LogP contribution in [0.2, 0.25) is 0 Å². The maximum atomic E-state index is 13.6. The van der Waals surface area contributed by atoms with Crippen LogP contribution in [0.5, 0.6) is 5.75 Å². The number of amides is 1. The SMILES string of the molecule is COc1ccc(F)cc1CN1CCN([C@H](C)C(=O)N2CCc3ccccc32)CC1. The number of ether oxygens (including phenoxy) is 1. The van der Waals surface area contributed by atoms with Gasteiger partial charge in [-0.3, -0.25) is 14.6 Å². The number of carbonyl (C=O) groups excluding carboxylic acids is 1. The number of hydrogen-bond acceptors (Lipinski definition) is 4. The number of para-hydroxylation sites is 1. The summed E-state index contributed by atoms with van der Waals surface area (Å²) in [6, 6.07) is 12.7. The van der Waals surface area contributed by atoms with Gasteiger partial charge in [-0.15, -0.1) is 0 Å². The van der Waals surface area contributed by atoms with Crippen LogP contribution in [0.25, 0.3) is 0 Å². The fraction of sp³-hybridized carbons (Fsp3) is 0.435. The largest absolute Gasteiger partial charge is 0.496 e. The van der Waals surface area contributed by atoms with Crippen molar-refractivity contribution in [2.45, 2.75) is 25.9 Å². The highest BCUT2D eigenvalue weighted by molar-refractivity contribution is 5.98. The van der Waals surface area contributed by atoms with E-state index in [1.165, 1.54) is 11.6 Å². The Labute approximate surface area is 171 Å². The van der Waals surface area contributed by atoms with Crippen molar-refractivity contribution in [3.63, 3.8) is 0 Å². The lowest BCUT2D eigenvalue weighted by molar-refractivity contribution is -0.123. The Kier molecular flexibility index (Phi) is 5.83. The normalized spacial score (nSPS) is 18.5. The Hall–Kier alpha value is -2.44. The van der Waals surface area contributed by atoms with Crippen molar-refractivity contribution in [3.05, 3.63) is 59.4 Å². The zero-order valence-corrected chi connectivity index (χ0v) is 17.1. The number of hydrogen-bond donors (Lipinski definition) is 0. The zero-order valence-electron chi connectivity index (χ0n) is 17.1. The lowest BCUT2D eigenvalue weighted by atomic mass is 10.1. The average Bonchev–Trinajstić information content (AvgIpc) is 3.17. The van der Waals surface area contributed by atoms with Crippen molar-refractivity contribution in [2.24, 2.45) is 0 Å². The summed E-state index contributed by atoms with van der Waals surface area (Å²) in [7, 11) is 1.61. The molecule has 0 aliphatic carbocycles. The van der Waals surface area contributed by atoms with Gasteiger partial charge < -0.3 is 9.64 Å². The van der Waals surface area contributed by atoms with Gasteiger partial charge in [0.2, 0.25) is 5.91 Å². The van der Waals surface area contributed by atoms with E-state index in [0.717, 1.165) is 50.4 Å². The van der Waals surface area contributed by atoms with Gasteiger partial charge in [0.1, 0.15) is 11.6 Å². The van der Waals surface area contributed by atoms with Gasteiger partial charge in [0, 0.05) is 50.5 Å². The Balaban J connectivity index is 1.35. The molecule has 2 aromatic carbocycles. The monoisotopic (exact) mass is 397 g/mol. The number of fused-ring (bicyclic) bond motifs is 1. The Bertz CT molecular complexity index is 880. The second-order valence-corrected chi connectivity index (χ2v) is 7.81. The van der Waals surface area contributed by atoms with Crippen molar-refractivity contribution in [2.75, 3.05) is 44.7 Å². The number of carbonyl (C=O) groups is 1. The van der Waals surface area contributed by atoms with Crippen LogP contribution in [0.15, 0.2) is 42.5 Å². The van der Waals surface area contributed by atoms with Crippen molar-refractivity contribution in [1.82, 2.24) is 9.80 Å². The molecule has 0 aromatic heterocycles. The quantitative estimate of drug-likeness (QED) is 0.777. The van der Waals surface area contributed by atoms with Gasteiger partial charge in [-0.2, -0.15) is 0 Å². The second-order valence-electron chi connectivity index (χ2n) is 7.81. The van der Waals surface area contributed by atoms with Gasteiger partial charge in [0.15, 0.2) is 0 Å². The fourth-order valence-electron chi connectivity index (χ4n) is 4.37. The molecule has 5 nitrogen and oxygen atoms in total. The van der Waals surface area contributed by atoms with Gasteiger partial charge in [-0.05, 0) is 43.2 Å². The van der Waals surface area contributed by atoms with E-state index in [9.17, 15) is 9.18 Å². The van der Waals surface area contributed by atoms with Crippen molar-refractivity contribution < 1.29 is 13.9 Å². The van der Waals surface area contributed by atoms with E-state index in [-0.39, 0.29) is 17.8 Å². The number of nitrogens with zero attached hydrogens (tertiary/aromatic N) is 3. The van der Waals surface area contributed by atoms with Crippen LogP contribution in [0.3, 0.4) is 0 Å². The molecule has 1 fully saturated rings. The molecule has 0 spiro atoms. The van der Waals surface area contributed by atoms with Crippen LogP contribution < -0.4 is 9.64 Å². The molecule has 0 saturated carbocycles. The average molecular weight is 397 g/mol. The summed E-state index contributed by atoms with van der Waals surface area (Å²) in [5.74, 6) is 0.643. The molecule has 1 amide bonds. The lowest BCUT2D eigenvalue weighted by Crippen LogP contribution is -2.54. The molecule has 29 heavy (non-hydrogen) atoms. The van der Waals surface area contributed by atoms with E-state index < -0.39 is 0 Å². The molecule has 2 aliphatic rings. The van der Waals surface area contributed by atoms with Crippen LogP contribution in [0, 0.1) is 5.82 Å². The summed E-state index contributed by atoms with van der Waals surface area (Å²) in [4.78, 5) is 19.6. The first kappa shape index (κ1) is 19.9. The third kappa shape index (κ3) is 4.14. The van der Waals surface area contributed by atoms with Crippen LogP contribution in [0.1, 0.15) is 18.1 Å². The minimum absolute atomic E-state index is 0.146. The van der Waals surface area contributed by atoms with Crippen LogP contribution in [0.4, 0.5) is 10.1 Å². The molecule has 154 valence electrons. The van der Waals surface area contributed by atoms with Crippen LogP contribution in [-0.2, 0) is 17.8 Å². The predicted molar refractivity (Wildman–Crippen MR) is 112 cm³/mol. The first-order chi connectivity index (χ1) is 14.1. The van der Waals surface area contributed by atoms with Crippen molar-refractivity contribution >= 4 is 11.6 Å². The molecular weight excluding hydrogens is 369 g/mol. The molecule has 0 bridgehead atoms. The number of piperazine rings is 1. The van der Waals surface area contributed by atoms with E-state index in [0.29, 0.717) is 12.3 Å². The Morgan fingerprint density at radius 3 is 2.62 bits per heavy atom. The summed E-state index contributed by atoms with van der Waals surface area (Å²) in [5, 5.41) is 0. The summed E-state index contributed by atoms with van der Waals surface area (Å²) >= 11 is 0. The minimum Gasteiger partial charge on any atom is -0.496 e. The van der Waals surface area contributed by atoms with Gasteiger partial charge in [0.05, 0.1) is 13.2 Å². The van der Waals surface area contributed by atoms with Gasteiger partial charge in [-0.25, -0.2) is 4.39 Å². The molecular formula is C23H28FN3O2. The summed E-state index contributed by atoms with van der Waals surface area (Å²) in [6.07, 6.45) is 0.928. The highest BCUT2D eigenvalue weighted by Gasteiger charge is 2.32. The fourth-order valence-corrected chi connectivity index (χ4v) is 4.37. The van der Waals surface area contributed by atoms with Gasteiger partial charge in [0.25, 0.3) is 0 Å². The molecule has 0 unspecified atom stereocenters. The number of benzene rings is 2. The number of halogens is 1. The topological polar surface area (TPSA) is 36.0 Å². The van der Waals surface area contributed by atoms with Gasteiger partial charge in [-0.1, -0.05) is 18.2 Å². The van der Waals surface area contributed by atoms with Crippen molar-refractivity contribution in [3.8, 4) is 5.75 Å². The first-order valence-electron chi connectivity index (χ1n) is 10.2. The van der Waals surface area contributed by atoms with Gasteiger partial charge >= 0.3 is 0 Å². The maximum absolute atomic E-state index is 13.6. The van der Waals surface area contributed by atoms with E-state index in [1.54, 1.807) is 19.2 Å². The van der Waals surface area contributed by atoms with Crippen LogP contribution >= 0.6 is 0 Å². The minimum atomic E-state index is -0.246. The van der Waals surface area contributed by atoms with Crippen molar-refractivity contribution in [1.29, 1.82) is 0 Å². The molecule has 4 rings (SSSR count). The van der Waals surface area contributed by atoms with E-state index in [2.05, 4.69) is 15.9 Å². The molecule has 0 radical (unpaired) electrons. The molecule has 1 atom stereocenters. The molecule has 2 aliphatic heterocycles. The molecule has 6 heteroatoms. The Morgan fingerprint density at radius 2 is 1.86 bits per heavy atom. The smallest absolute Gasteiger partial charge is 0.244 e. The summed E-state index contributed by atoms with van der Waals surface area (Å²) < 4.78 is 19.0. The highest BCUT2D eigenvalue weighted by atomic mass is 19.1. The highest BCUT2D eigenvalue weighted by Crippen LogP contribution is 2.29. The van der Waals surface area contributed by atoms with E-state index >= 15 is 0 Å². The van der Waals surface area contributed by atoms with E-state index in [1.807, 2.05) is 30.0 Å². The third-order valence-corrected chi connectivity index (χ3v) is 6.10. The molecule has 2 heterocycles. The summed E-state index contributed by atoms with van der Waals surface area (Å²) in [5.41, 5.74) is 3.17. The predicted octanol–water partition coefficient (Wildman–Crippen LogP) is 2.93. The number of methoxy groups -OCH3 is 1. The van der Waals surface area contributed by atoms with Crippen LogP contribution in [-0.4, -0.2) is 61.6 Å². The standard InChI is InChI=1S/C23H28FN3O2/c1-17(23(28)27-10-9-18-5-3-4-6-21(18)27)26-13-11-25(12-14-26)16-19-15-20(24)7-8-22(19)29-2/h3-8,15,17H,9-14,16H2,1-2H3/t17-/m1/s1. The zero-order chi connectivity index (χ0) is 20.4. The summed E-state index contributed by atoms with van der Waals surface area (Å²) in [6.45, 7) is 6.74. The van der Waals surface area contributed by atoms with E-state index in [4.69, 9.17) is 4.74 Å². The molecule has 1 saturated heterocycles. The third-order valence-electron chi connectivity index (χ3n) is 6.10. The number of anilines is 1. The molecule has 0 N–H and O–H groups in total.